The Kier molecular flexibility index (Phi) is 7.24. The molecule has 0 spiro atoms. The lowest BCUT2D eigenvalue weighted by Gasteiger charge is -2.05. The van der Waals surface area contributed by atoms with Gasteiger partial charge in [0.25, 0.3) is 0 Å². The molecule has 10 heteroatoms. The SMILES string of the molecule is CCOC(=O)Cn1c(=NC(=O)CCS(=O)(=O)c2ccc(OC)cc2)sc2ccccc21. The summed E-state index contributed by atoms with van der Waals surface area (Å²) < 4.78 is 37.5. The summed E-state index contributed by atoms with van der Waals surface area (Å²) in [5.41, 5.74) is 0.748. The molecule has 8 nitrogen and oxygen atoms in total. The van der Waals surface area contributed by atoms with Gasteiger partial charge in [-0.2, -0.15) is 4.99 Å². The first-order valence-electron chi connectivity index (χ1n) is 9.52. The molecule has 0 radical (unpaired) electrons. The number of carbonyl (C=O) groups excluding carboxylic acids is 2. The highest BCUT2D eigenvalue weighted by Gasteiger charge is 2.17. The first-order chi connectivity index (χ1) is 14.8. The number of fused-ring (bicyclic) bond motifs is 1. The molecule has 0 saturated carbocycles. The number of carbonyl (C=O) groups is 2. The molecule has 3 rings (SSSR count). The van der Waals surface area contributed by atoms with Gasteiger partial charge in [0.15, 0.2) is 14.6 Å². The average molecular weight is 463 g/mol. The van der Waals surface area contributed by atoms with Gasteiger partial charge in [-0.05, 0) is 43.3 Å². The summed E-state index contributed by atoms with van der Waals surface area (Å²) in [6.45, 7) is 1.87. The third-order valence-electron chi connectivity index (χ3n) is 4.40. The molecule has 164 valence electrons. The number of hydrogen-bond donors (Lipinski definition) is 0. The minimum atomic E-state index is -3.65. The Hall–Kier alpha value is -2.98. The lowest BCUT2D eigenvalue weighted by molar-refractivity contribution is -0.143. The van der Waals surface area contributed by atoms with Crippen LogP contribution >= 0.6 is 11.3 Å². The number of para-hydroxylation sites is 1. The van der Waals surface area contributed by atoms with Crippen LogP contribution in [0.1, 0.15) is 13.3 Å². The zero-order chi connectivity index (χ0) is 22.4. The number of rotatable bonds is 8. The lowest BCUT2D eigenvalue weighted by Crippen LogP contribution is -2.23. The van der Waals surface area contributed by atoms with E-state index in [2.05, 4.69) is 4.99 Å². The van der Waals surface area contributed by atoms with Gasteiger partial charge in [-0.1, -0.05) is 23.5 Å². The van der Waals surface area contributed by atoms with E-state index in [9.17, 15) is 18.0 Å². The minimum Gasteiger partial charge on any atom is -0.497 e. The molecule has 3 aromatic rings. The van der Waals surface area contributed by atoms with E-state index in [1.54, 1.807) is 23.6 Å². The smallest absolute Gasteiger partial charge is 0.326 e. The molecule has 0 unspecified atom stereocenters. The quantitative estimate of drug-likeness (QED) is 0.477. The second-order valence-electron chi connectivity index (χ2n) is 6.49. The summed E-state index contributed by atoms with van der Waals surface area (Å²) in [5.74, 6) is -0.853. The summed E-state index contributed by atoms with van der Waals surface area (Å²) in [7, 11) is -2.16. The summed E-state index contributed by atoms with van der Waals surface area (Å²) in [5, 5.41) is 0. The highest BCUT2D eigenvalue weighted by molar-refractivity contribution is 7.91. The fourth-order valence-corrected chi connectivity index (χ4v) is 5.16. The van der Waals surface area contributed by atoms with Crippen LogP contribution in [-0.2, 0) is 30.7 Å². The molecule has 0 atom stereocenters. The van der Waals surface area contributed by atoms with Crippen LogP contribution < -0.4 is 9.54 Å². The molecular formula is C21H22N2O6S2. The van der Waals surface area contributed by atoms with E-state index in [0.29, 0.717) is 10.6 Å². The van der Waals surface area contributed by atoms with Gasteiger partial charge >= 0.3 is 5.97 Å². The van der Waals surface area contributed by atoms with E-state index in [0.717, 1.165) is 10.2 Å². The lowest BCUT2D eigenvalue weighted by atomic mass is 10.3. The maximum atomic E-state index is 12.5. The fourth-order valence-electron chi connectivity index (χ4n) is 2.88. The highest BCUT2D eigenvalue weighted by Crippen LogP contribution is 2.18. The Bertz CT molecular complexity index is 1260. The molecule has 1 aromatic heterocycles. The van der Waals surface area contributed by atoms with Gasteiger partial charge in [0, 0.05) is 6.42 Å². The van der Waals surface area contributed by atoms with Crippen molar-refractivity contribution in [3.63, 3.8) is 0 Å². The summed E-state index contributed by atoms with van der Waals surface area (Å²) in [6, 6.07) is 13.3. The average Bonchev–Trinajstić information content (AvgIpc) is 3.09. The van der Waals surface area contributed by atoms with E-state index < -0.39 is 21.7 Å². The largest absolute Gasteiger partial charge is 0.497 e. The summed E-state index contributed by atoms with van der Waals surface area (Å²) in [6.07, 6.45) is -0.276. The highest BCUT2D eigenvalue weighted by atomic mass is 32.2. The molecule has 0 aliphatic carbocycles. The maximum Gasteiger partial charge on any atom is 0.326 e. The number of nitrogens with zero attached hydrogens (tertiary/aromatic N) is 2. The van der Waals surface area contributed by atoms with Crippen LogP contribution in [0.2, 0.25) is 0 Å². The minimum absolute atomic E-state index is 0.0892. The van der Waals surface area contributed by atoms with Gasteiger partial charge in [-0.15, -0.1) is 0 Å². The van der Waals surface area contributed by atoms with Gasteiger partial charge in [-0.25, -0.2) is 8.42 Å². The number of ether oxygens (including phenoxy) is 2. The van der Waals surface area contributed by atoms with Crippen molar-refractivity contribution in [1.82, 2.24) is 4.57 Å². The monoisotopic (exact) mass is 462 g/mol. The molecule has 0 N–H and O–H groups in total. The van der Waals surface area contributed by atoms with Crippen molar-refractivity contribution >= 4 is 43.3 Å². The standard InChI is InChI=1S/C21H22N2O6S2/c1-3-29-20(25)14-23-17-6-4-5-7-18(17)30-21(23)22-19(24)12-13-31(26,27)16-10-8-15(28-2)9-11-16/h4-11H,3,12-14H2,1-2H3. The second-order valence-corrected chi connectivity index (χ2v) is 9.61. The molecule has 1 heterocycles. The van der Waals surface area contributed by atoms with Crippen LogP contribution in [0.15, 0.2) is 58.4 Å². The maximum absolute atomic E-state index is 12.5. The van der Waals surface area contributed by atoms with Gasteiger partial charge in [-0.3, -0.25) is 9.59 Å². The second kappa shape index (κ2) is 9.88. The number of esters is 1. The zero-order valence-electron chi connectivity index (χ0n) is 17.1. The van der Waals surface area contributed by atoms with E-state index in [-0.39, 0.29) is 30.2 Å². The Morgan fingerprint density at radius 2 is 1.81 bits per heavy atom. The van der Waals surface area contributed by atoms with Gasteiger partial charge in [0.2, 0.25) is 5.91 Å². The number of methoxy groups -OCH3 is 1. The molecule has 0 saturated heterocycles. The van der Waals surface area contributed by atoms with Crippen LogP contribution in [0.5, 0.6) is 5.75 Å². The predicted molar refractivity (Wildman–Crippen MR) is 117 cm³/mol. The Morgan fingerprint density at radius 3 is 2.48 bits per heavy atom. The van der Waals surface area contributed by atoms with Crippen LogP contribution in [0.3, 0.4) is 0 Å². The summed E-state index contributed by atoms with van der Waals surface area (Å²) >= 11 is 1.25. The molecule has 31 heavy (non-hydrogen) atoms. The van der Waals surface area contributed by atoms with Gasteiger partial charge < -0.3 is 14.0 Å². The number of hydrogen-bond acceptors (Lipinski definition) is 7. The summed E-state index contributed by atoms with van der Waals surface area (Å²) in [4.78, 5) is 29.0. The molecule has 0 fully saturated rings. The van der Waals surface area contributed by atoms with Crippen molar-refractivity contribution in [2.45, 2.75) is 24.8 Å². The molecule has 1 amide bonds. The van der Waals surface area contributed by atoms with Crippen molar-refractivity contribution in [1.29, 1.82) is 0 Å². The number of amides is 1. The number of benzene rings is 2. The van der Waals surface area contributed by atoms with Crippen molar-refractivity contribution in [2.75, 3.05) is 19.5 Å². The Labute approximate surface area is 183 Å². The number of thiazole rings is 1. The topological polar surface area (TPSA) is 104 Å². The first kappa shape index (κ1) is 22.7. The van der Waals surface area contributed by atoms with Crippen LogP contribution in [-0.4, -0.2) is 44.3 Å². The number of aromatic nitrogens is 1. The van der Waals surface area contributed by atoms with Crippen molar-refractivity contribution in [3.8, 4) is 5.75 Å². The molecule has 0 bridgehead atoms. The van der Waals surface area contributed by atoms with E-state index in [4.69, 9.17) is 9.47 Å². The number of sulfone groups is 1. The van der Waals surface area contributed by atoms with E-state index in [1.165, 1.54) is 30.6 Å². The van der Waals surface area contributed by atoms with E-state index in [1.807, 2.05) is 24.3 Å². The van der Waals surface area contributed by atoms with Crippen molar-refractivity contribution < 1.29 is 27.5 Å². The fraction of sp³-hybridized carbons (Fsp3) is 0.286. The Balaban J connectivity index is 1.82. The normalized spacial score (nSPS) is 12.1. The molecular weight excluding hydrogens is 440 g/mol. The van der Waals surface area contributed by atoms with Crippen LogP contribution in [0, 0.1) is 0 Å². The molecule has 2 aromatic carbocycles. The van der Waals surface area contributed by atoms with E-state index >= 15 is 0 Å². The Morgan fingerprint density at radius 1 is 1.10 bits per heavy atom. The van der Waals surface area contributed by atoms with Gasteiger partial charge in [0.05, 0.1) is 34.6 Å². The zero-order valence-corrected chi connectivity index (χ0v) is 18.7. The molecule has 0 aliphatic rings. The predicted octanol–water partition coefficient (Wildman–Crippen LogP) is 2.57. The third-order valence-corrected chi connectivity index (χ3v) is 7.20. The molecule has 0 aliphatic heterocycles. The van der Waals surface area contributed by atoms with Crippen molar-refractivity contribution in [3.05, 3.63) is 53.3 Å². The third kappa shape index (κ3) is 5.59. The van der Waals surface area contributed by atoms with Crippen molar-refractivity contribution in [2.24, 2.45) is 4.99 Å². The van der Waals surface area contributed by atoms with Crippen LogP contribution in [0.25, 0.3) is 10.2 Å². The first-order valence-corrected chi connectivity index (χ1v) is 12.0. The van der Waals surface area contributed by atoms with Crippen LogP contribution in [0.4, 0.5) is 0 Å². The van der Waals surface area contributed by atoms with Gasteiger partial charge in [0.1, 0.15) is 12.3 Å².